The number of ether oxygens (including phenoxy) is 8. The number of likely N-dealkylation sites (tertiary alicyclic amines) is 4. The van der Waals surface area contributed by atoms with Crippen LogP contribution in [0.1, 0.15) is 118 Å². The molecule has 11 rings (SSSR count). The molecule has 7 aromatic carbocycles. The topological polar surface area (TPSA) is 182 Å². The summed E-state index contributed by atoms with van der Waals surface area (Å²) in [5.41, 5.74) is -0.387. The fourth-order valence-electron chi connectivity index (χ4n) is 13.4. The van der Waals surface area contributed by atoms with Crippen molar-refractivity contribution in [2.75, 3.05) is 139 Å². The molecule has 116 heavy (non-hydrogen) atoms. The van der Waals surface area contributed by atoms with Gasteiger partial charge in [0.2, 0.25) is 0 Å². The number of benzene rings is 7. The highest BCUT2D eigenvalue weighted by molar-refractivity contribution is 6.32. The molecule has 4 saturated heterocycles. The Morgan fingerprint density at radius 3 is 0.810 bits per heavy atom. The van der Waals surface area contributed by atoms with Gasteiger partial charge in [-0.1, -0.05) is 94.6 Å². The molecule has 19 nitrogen and oxygen atoms in total. The number of hydrogen-bond donors (Lipinski definition) is 1. The Hall–Kier alpha value is -7.11. The molecule has 4 heterocycles. The van der Waals surface area contributed by atoms with Crippen molar-refractivity contribution in [1.82, 2.24) is 29.4 Å². The van der Waals surface area contributed by atoms with Crippen molar-refractivity contribution in [3.8, 4) is 40.2 Å². The number of nitrogens with zero attached hydrogens (tertiary/aromatic N) is 6. The van der Waals surface area contributed by atoms with E-state index < -0.39 is 5.97 Å². The molecular formula is C90H117Cl7N6O13. The average Bonchev–Trinajstić information content (AvgIpc) is 0.861. The first kappa shape index (κ1) is 96.0. The molecule has 0 bridgehead atoms. The third kappa shape index (κ3) is 40.1. The number of esters is 1. The van der Waals surface area contributed by atoms with Crippen molar-refractivity contribution in [3.63, 3.8) is 0 Å². The Balaban J connectivity index is 0.000000206. The van der Waals surface area contributed by atoms with Gasteiger partial charge in [-0.3, -0.25) is 14.4 Å². The Kier molecular flexibility index (Phi) is 44.2. The lowest BCUT2D eigenvalue weighted by atomic mass is 9.93. The van der Waals surface area contributed by atoms with Crippen LogP contribution in [-0.2, 0) is 23.9 Å². The Morgan fingerprint density at radius 1 is 0.353 bits per heavy atom. The number of rotatable bonds is 34. The molecule has 26 heteroatoms. The smallest absolute Gasteiger partial charge is 0.341 e. The minimum atomic E-state index is -0.995. The second-order valence-electron chi connectivity index (χ2n) is 30.2. The zero-order valence-electron chi connectivity index (χ0n) is 68.0. The zero-order valence-corrected chi connectivity index (χ0v) is 73.3. The molecule has 0 radical (unpaired) electrons. The summed E-state index contributed by atoms with van der Waals surface area (Å²) in [7, 11) is 3.74. The largest absolute Gasteiger partial charge is 0.494 e. The van der Waals surface area contributed by atoms with Crippen LogP contribution >= 0.6 is 81.2 Å². The van der Waals surface area contributed by atoms with E-state index in [4.69, 9.17) is 124 Å². The quantitative estimate of drug-likeness (QED) is 0.0297. The van der Waals surface area contributed by atoms with E-state index in [2.05, 4.69) is 26.5 Å². The SMILES string of the molecule is CC(C)(C)OC(=O)CC1CCN(CCCOc2ccc(Cl)cc2)CC1.CCC1CCN(CCCOc2ccc(Cl)cc2)CC1.CN(C(=O)COc1ccc(Cl)cc1)C1CCN(CCCOc2ccc(Cl)cc2)CC1.CN(C(=O)COc1ccc(Cl)cc1)C1CCN(CCCOc2ccc(Cl)cc2)CC1.O=C(O)COc1ccc(Cl)cc1. The second-order valence-corrected chi connectivity index (χ2v) is 33.2. The van der Waals surface area contributed by atoms with Crippen LogP contribution < -0.4 is 33.2 Å². The van der Waals surface area contributed by atoms with E-state index in [0.717, 1.165) is 175 Å². The van der Waals surface area contributed by atoms with Gasteiger partial charge in [0.15, 0.2) is 19.8 Å². The van der Waals surface area contributed by atoms with Crippen LogP contribution in [0.2, 0.25) is 35.2 Å². The Labute approximate surface area is 722 Å². The fourth-order valence-corrected chi connectivity index (χ4v) is 14.3. The summed E-state index contributed by atoms with van der Waals surface area (Å²) in [6, 6.07) is 51.0. The average molecular weight is 1740 g/mol. The zero-order chi connectivity index (χ0) is 83.5. The number of piperidine rings is 4. The summed E-state index contributed by atoms with van der Waals surface area (Å²) in [6.07, 6.45) is 14.7. The third-order valence-electron chi connectivity index (χ3n) is 20.2. The number of carboxylic acids is 1. The van der Waals surface area contributed by atoms with E-state index in [1.54, 1.807) is 72.8 Å². The van der Waals surface area contributed by atoms with Crippen LogP contribution in [0.4, 0.5) is 0 Å². The molecule has 4 aliphatic heterocycles. The van der Waals surface area contributed by atoms with E-state index in [1.165, 1.54) is 32.4 Å². The summed E-state index contributed by atoms with van der Waals surface area (Å²) < 4.78 is 44.4. The van der Waals surface area contributed by atoms with Gasteiger partial charge in [0.05, 0.1) is 26.4 Å². The van der Waals surface area contributed by atoms with Crippen LogP contribution in [0.15, 0.2) is 170 Å². The minimum Gasteiger partial charge on any atom is -0.494 e. The number of carbonyl (C=O) groups is 4. The van der Waals surface area contributed by atoms with Crippen LogP contribution in [-0.4, -0.2) is 215 Å². The molecule has 0 unspecified atom stereocenters. The summed E-state index contributed by atoms with van der Waals surface area (Å²) in [5.74, 6) is 5.62. The predicted octanol–water partition coefficient (Wildman–Crippen LogP) is 20.1. The van der Waals surface area contributed by atoms with Crippen LogP contribution in [0, 0.1) is 11.8 Å². The summed E-state index contributed by atoms with van der Waals surface area (Å²) in [6.45, 7) is 23.4. The van der Waals surface area contributed by atoms with Gasteiger partial charge in [0.1, 0.15) is 45.8 Å². The first-order valence-corrected chi connectivity index (χ1v) is 43.0. The maximum absolute atomic E-state index is 12.5. The van der Waals surface area contributed by atoms with Gasteiger partial charge in [-0.05, 0) is 306 Å². The highest BCUT2D eigenvalue weighted by atomic mass is 35.5. The van der Waals surface area contributed by atoms with Crippen molar-refractivity contribution < 1.29 is 62.2 Å². The second kappa shape index (κ2) is 53.4. The number of carboxylic acid groups (broad SMARTS) is 1. The van der Waals surface area contributed by atoms with Gasteiger partial charge in [-0.25, -0.2) is 4.79 Å². The number of halogens is 7. The molecule has 0 aromatic heterocycles. The lowest BCUT2D eigenvalue weighted by molar-refractivity contribution is -0.156. The van der Waals surface area contributed by atoms with E-state index in [1.807, 2.05) is 142 Å². The van der Waals surface area contributed by atoms with Crippen molar-refractivity contribution in [3.05, 3.63) is 205 Å². The molecular weight excluding hydrogens is 1620 g/mol. The highest BCUT2D eigenvalue weighted by Crippen LogP contribution is 2.27. The first-order chi connectivity index (χ1) is 55.8. The van der Waals surface area contributed by atoms with Gasteiger partial charge in [-0.2, -0.15) is 0 Å². The van der Waals surface area contributed by atoms with E-state index >= 15 is 0 Å². The van der Waals surface area contributed by atoms with Gasteiger partial charge in [0.25, 0.3) is 11.8 Å². The molecule has 0 aliphatic carbocycles. The van der Waals surface area contributed by atoms with Crippen molar-refractivity contribution in [2.45, 2.75) is 135 Å². The van der Waals surface area contributed by atoms with Gasteiger partial charge < -0.3 is 72.4 Å². The highest BCUT2D eigenvalue weighted by Gasteiger charge is 2.29. The fraction of sp³-hybridized carbons (Fsp3) is 0.489. The molecule has 0 saturated carbocycles. The Bertz CT molecular complexity index is 3740. The molecule has 2 amide bonds. The first-order valence-electron chi connectivity index (χ1n) is 40.3. The summed E-state index contributed by atoms with van der Waals surface area (Å²) in [4.78, 5) is 60.5. The van der Waals surface area contributed by atoms with E-state index in [9.17, 15) is 19.2 Å². The number of hydrogen-bond acceptors (Lipinski definition) is 16. The lowest BCUT2D eigenvalue weighted by Gasteiger charge is -2.36. The number of amides is 2. The molecule has 4 fully saturated rings. The van der Waals surface area contributed by atoms with Crippen LogP contribution in [0.5, 0.6) is 40.2 Å². The van der Waals surface area contributed by atoms with Crippen molar-refractivity contribution >= 4 is 105 Å². The monoisotopic (exact) mass is 1730 g/mol. The van der Waals surface area contributed by atoms with Gasteiger partial charge >= 0.3 is 11.9 Å². The number of aliphatic carboxylic acids is 1. The lowest BCUT2D eigenvalue weighted by Crippen LogP contribution is -2.47. The molecule has 634 valence electrons. The van der Waals surface area contributed by atoms with Crippen LogP contribution in [0.25, 0.3) is 0 Å². The minimum absolute atomic E-state index is 0.000218. The number of carbonyl (C=O) groups excluding carboxylic acids is 3. The van der Waals surface area contributed by atoms with E-state index in [0.29, 0.717) is 74.5 Å². The molecule has 0 spiro atoms. The van der Waals surface area contributed by atoms with E-state index in [-0.39, 0.29) is 55.3 Å². The van der Waals surface area contributed by atoms with Crippen LogP contribution in [0.3, 0.4) is 0 Å². The normalized spacial score (nSPS) is 15.2. The molecule has 1 N–H and O–H groups in total. The molecule has 4 aliphatic rings. The Morgan fingerprint density at radius 2 is 0.578 bits per heavy atom. The maximum atomic E-state index is 12.5. The summed E-state index contributed by atoms with van der Waals surface area (Å²) in [5, 5.41) is 13.1. The van der Waals surface area contributed by atoms with Crippen molar-refractivity contribution in [1.29, 1.82) is 0 Å². The maximum Gasteiger partial charge on any atom is 0.341 e. The van der Waals surface area contributed by atoms with Gasteiger partial charge in [-0.15, -0.1) is 0 Å². The predicted molar refractivity (Wildman–Crippen MR) is 468 cm³/mol. The summed E-state index contributed by atoms with van der Waals surface area (Å²) >= 11 is 40.8. The van der Waals surface area contributed by atoms with Gasteiger partial charge in [0, 0.05) is 120 Å². The molecule has 7 aromatic rings. The number of likely N-dealkylation sites (N-methyl/N-ethyl adjacent to an activating group) is 2. The third-order valence-corrected chi connectivity index (χ3v) is 22.0. The van der Waals surface area contributed by atoms with Crippen molar-refractivity contribution in [2.24, 2.45) is 11.8 Å². The molecule has 0 atom stereocenters. The standard InChI is InChI=1S/2C23H28Cl2N2O3.C20H30ClNO3.C16H24ClNO.C8H7ClO3/c2*1-26(23(28)17-30-22-9-5-19(25)6-10-22)20-11-14-27(15-12-20)13-2-16-29-21-7-3-18(24)4-8-21;1-20(2,3)25-19(23)15-16-9-12-22(13-10-16)11-4-14-24-18-7-5-17(21)6-8-18;1-2-14-8-11-18(12-9-14)10-3-13-19-16-6-4-15(17)5-7-16;9-6-1-3-7(4-2-6)12-5-8(10)11/h2*3-10,20H,2,11-17H2,1H3;5-8,16H,4,9-15H2,1-3H3;4-7,14H,2-3,8-13H2,1H3;1-4H,5H2,(H,10,11).